The molecule has 0 N–H and O–H groups in total. The van der Waals surface area contributed by atoms with Crippen molar-refractivity contribution >= 4 is 10.1 Å². The molecule has 0 radical (unpaired) electrons. The standard InChI is InChI=1S/C14H30N.CH4O3S/c1-3-5-6-8-12-15(11-4-2)13-9-7-10-14-15;1-5(2,3)4/h3-14H2,1-2H3;1H3,(H,2,3,4)/q+1;/p-1. The summed E-state index contributed by atoms with van der Waals surface area (Å²) < 4.78 is 28.7. The van der Waals surface area contributed by atoms with Crippen molar-refractivity contribution in [1.29, 1.82) is 0 Å². The molecule has 0 saturated carbocycles. The fraction of sp³-hybridized carbons (Fsp3) is 1.00. The maximum atomic E-state index is 9.08. The zero-order valence-corrected chi connectivity index (χ0v) is 14.4. The molecule has 0 bridgehead atoms. The first kappa shape index (κ1) is 19.9. The summed E-state index contributed by atoms with van der Waals surface area (Å²) >= 11 is 0. The number of nitrogens with zero attached hydrogens (tertiary/aromatic N) is 1. The average molecular weight is 308 g/mol. The molecule has 122 valence electrons. The van der Waals surface area contributed by atoms with Gasteiger partial charge in [-0.25, -0.2) is 8.42 Å². The van der Waals surface area contributed by atoms with Gasteiger partial charge >= 0.3 is 0 Å². The third-order valence-electron chi connectivity index (χ3n) is 3.95. The van der Waals surface area contributed by atoms with E-state index in [-0.39, 0.29) is 0 Å². The fourth-order valence-electron chi connectivity index (χ4n) is 3.09. The van der Waals surface area contributed by atoms with Gasteiger partial charge in [-0.2, -0.15) is 0 Å². The largest absolute Gasteiger partial charge is 0.748 e. The van der Waals surface area contributed by atoms with E-state index >= 15 is 0 Å². The number of likely N-dealkylation sites (tertiary alicyclic amines) is 1. The van der Waals surface area contributed by atoms with E-state index in [2.05, 4.69) is 13.8 Å². The molecule has 0 amide bonds. The molecule has 1 aliphatic heterocycles. The highest BCUT2D eigenvalue weighted by atomic mass is 32.2. The fourth-order valence-corrected chi connectivity index (χ4v) is 3.09. The lowest BCUT2D eigenvalue weighted by atomic mass is 10.1. The van der Waals surface area contributed by atoms with Gasteiger partial charge in [-0.3, -0.25) is 0 Å². The minimum atomic E-state index is -3.92. The van der Waals surface area contributed by atoms with Crippen molar-refractivity contribution in [1.82, 2.24) is 0 Å². The van der Waals surface area contributed by atoms with Gasteiger partial charge in [0.05, 0.1) is 36.3 Å². The van der Waals surface area contributed by atoms with Crippen LogP contribution in [-0.2, 0) is 10.1 Å². The Kier molecular flexibility index (Phi) is 10.5. The van der Waals surface area contributed by atoms with Gasteiger partial charge in [-0.05, 0) is 38.5 Å². The van der Waals surface area contributed by atoms with E-state index in [1.54, 1.807) is 0 Å². The van der Waals surface area contributed by atoms with Gasteiger partial charge in [0.1, 0.15) is 0 Å². The molecule has 1 saturated heterocycles. The van der Waals surface area contributed by atoms with Crippen molar-refractivity contribution in [2.45, 2.75) is 65.2 Å². The van der Waals surface area contributed by atoms with Crippen molar-refractivity contribution in [3.8, 4) is 0 Å². The predicted molar refractivity (Wildman–Crippen MR) is 83.6 cm³/mol. The molecule has 1 rings (SSSR count). The Bertz CT molecular complexity index is 309. The second-order valence-corrected chi connectivity index (χ2v) is 7.47. The third-order valence-corrected chi connectivity index (χ3v) is 3.95. The van der Waals surface area contributed by atoms with Gasteiger partial charge < -0.3 is 9.04 Å². The highest BCUT2D eigenvalue weighted by Crippen LogP contribution is 2.21. The van der Waals surface area contributed by atoms with E-state index < -0.39 is 10.1 Å². The zero-order chi connectivity index (χ0) is 15.5. The van der Waals surface area contributed by atoms with Crippen LogP contribution in [0.3, 0.4) is 0 Å². The highest BCUT2D eigenvalue weighted by Gasteiger charge is 2.27. The van der Waals surface area contributed by atoms with Gasteiger partial charge in [0.25, 0.3) is 0 Å². The Morgan fingerprint density at radius 2 is 1.45 bits per heavy atom. The van der Waals surface area contributed by atoms with Crippen LogP contribution in [0.2, 0.25) is 0 Å². The molecule has 0 aromatic heterocycles. The molecule has 1 aliphatic rings. The van der Waals surface area contributed by atoms with Crippen LogP contribution in [0.15, 0.2) is 0 Å². The van der Waals surface area contributed by atoms with Crippen LogP contribution >= 0.6 is 0 Å². The van der Waals surface area contributed by atoms with Gasteiger partial charge in [-0.15, -0.1) is 0 Å². The monoisotopic (exact) mass is 307 g/mol. The van der Waals surface area contributed by atoms with Crippen LogP contribution in [0, 0.1) is 0 Å². The molecule has 20 heavy (non-hydrogen) atoms. The molecule has 0 atom stereocenters. The van der Waals surface area contributed by atoms with E-state index in [9.17, 15) is 0 Å². The summed E-state index contributed by atoms with van der Waals surface area (Å²) in [7, 11) is -3.92. The summed E-state index contributed by atoms with van der Waals surface area (Å²) in [5.74, 6) is 0. The molecule has 5 heteroatoms. The van der Waals surface area contributed by atoms with Crippen LogP contribution in [0.25, 0.3) is 0 Å². The topological polar surface area (TPSA) is 57.2 Å². The molecule has 0 spiro atoms. The lowest BCUT2D eigenvalue weighted by Gasteiger charge is -2.41. The van der Waals surface area contributed by atoms with E-state index in [1.807, 2.05) is 0 Å². The first-order valence-corrected chi connectivity index (χ1v) is 9.90. The number of quaternary nitrogens is 1. The third kappa shape index (κ3) is 11.7. The smallest absolute Gasteiger partial charge is 0.0916 e. The number of hydrogen-bond donors (Lipinski definition) is 0. The van der Waals surface area contributed by atoms with E-state index in [4.69, 9.17) is 13.0 Å². The maximum absolute atomic E-state index is 9.08. The Balaban J connectivity index is 0.000000621. The van der Waals surface area contributed by atoms with Crippen molar-refractivity contribution in [3.63, 3.8) is 0 Å². The molecule has 1 heterocycles. The molecule has 0 aromatic carbocycles. The molecule has 0 aromatic rings. The summed E-state index contributed by atoms with van der Waals surface area (Å²) in [6.07, 6.45) is 12.1. The summed E-state index contributed by atoms with van der Waals surface area (Å²) in [4.78, 5) is 0. The number of piperidine rings is 1. The summed E-state index contributed by atoms with van der Waals surface area (Å²) in [5, 5.41) is 0. The van der Waals surface area contributed by atoms with E-state index in [1.165, 1.54) is 82.0 Å². The number of hydrogen-bond acceptors (Lipinski definition) is 3. The zero-order valence-electron chi connectivity index (χ0n) is 13.6. The second kappa shape index (κ2) is 10.6. The van der Waals surface area contributed by atoms with E-state index in [0.717, 1.165) is 0 Å². The van der Waals surface area contributed by atoms with E-state index in [0.29, 0.717) is 6.26 Å². The molecule has 4 nitrogen and oxygen atoms in total. The van der Waals surface area contributed by atoms with Crippen molar-refractivity contribution < 1.29 is 17.5 Å². The first-order valence-electron chi connectivity index (χ1n) is 8.09. The molecular formula is C15H33NO3S. The summed E-state index contributed by atoms with van der Waals surface area (Å²) in [6.45, 7) is 10.5. The summed E-state index contributed by atoms with van der Waals surface area (Å²) in [6, 6.07) is 0. The lowest BCUT2D eigenvalue weighted by molar-refractivity contribution is -0.932. The lowest BCUT2D eigenvalue weighted by Crippen LogP contribution is -2.52. The quantitative estimate of drug-likeness (QED) is 0.412. The Morgan fingerprint density at radius 3 is 1.90 bits per heavy atom. The maximum Gasteiger partial charge on any atom is 0.0916 e. The molecule has 0 aliphatic carbocycles. The van der Waals surface area contributed by atoms with Crippen LogP contribution in [0.5, 0.6) is 0 Å². The van der Waals surface area contributed by atoms with Crippen molar-refractivity contribution in [3.05, 3.63) is 0 Å². The second-order valence-electron chi connectivity index (χ2n) is 6.06. The first-order chi connectivity index (χ1) is 9.33. The average Bonchev–Trinajstić information content (AvgIpc) is 2.34. The van der Waals surface area contributed by atoms with Crippen LogP contribution in [0.1, 0.15) is 65.2 Å². The number of unbranched alkanes of at least 4 members (excludes halogenated alkanes) is 3. The van der Waals surface area contributed by atoms with Crippen molar-refractivity contribution in [2.24, 2.45) is 0 Å². The predicted octanol–water partition coefficient (Wildman–Crippen LogP) is 3.14. The van der Waals surface area contributed by atoms with Crippen molar-refractivity contribution in [2.75, 3.05) is 32.4 Å². The molecule has 0 unspecified atom stereocenters. The highest BCUT2D eigenvalue weighted by molar-refractivity contribution is 7.84. The van der Waals surface area contributed by atoms with Gasteiger partial charge in [0.2, 0.25) is 0 Å². The van der Waals surface area contributed by atoms with Crippen LogP contribution in [0.4, 0.5) is 0 Å². The number of rotatable bonds is 7. The Hall–Kier alpha value is -0.130. The Morgan fingerprint density at radius 1 is 0.900 bits per heavy atom. The minimum absolute atomic E-state index is 0.604. The van der Waals surface area contributed by atoms with Gasteiger partial charge in [0, 0.05) is 6.26 Å². The SMILES string of the molecule is CCCCCC[N+]1(CCC)CCCCC1.CS(=O)(=O)[O-]. The normalized spacial score (nSPS) is 18.2. The van der Waals surface area contributed by atoms with Crippen LogP contribution < -0.4 is 0 Å². The molecule has 1 fully saturated rings. The minimum Gasteiger partial charge on any atom is -0.748 e. The van der Waals surface area contributed by atoms with Gasteiger partial charge in [0.15, 0.2) is 0 Å². The summed E-state index contributed by atoms with van der Waals surface area (Å²) in [5.41, 5.74) is 0. The molecular weight excluding hydrogens is 274 g/mol. The van der Waals surface area contributed by atoms with Gasteiger partial charge in [-0.1, -0.05) is 26.7 Å². The van der Waals surface area contributed by atoms with Crippen LogP contribution in [-0.4, -0.2) is 49.9 Å². The Labute approximate surface area is 125 Å².